The van der Waals surface area contributed by atoms with Crippen LogP contribution < -0.4 is 10.2 Å². The van der Waals surface area contributed by atoms with Crippen LogP contribution in [0.15, 0.2) is 64.2 Å². The van der Waals surface area contributed by atoms with Crippen molar-refractivity contribution in [2.75, 3.05) is 11.4 Å². The first kappa shape index (κ1) is 22.6. The van der Waals surface area contributed by atoms with Crippen molar-refractivity contribution in [3.05, 3.63) is 76.8 Å². The standard InChI is InChI=1S/C24H24ClN5O3S/c1-29-13-11-26-23(29)22(16-8-4-2-5-9-16)27-24(31)17-14-20-19(15-18(17)25)30-12-7-3-6-10-21(30)28-34(20,32)33/h2,4-5,8-9,11,13-15,22H,3,6-7,10,12H2,1H3,(H,27,31)/t22-/m1/s1. The molecule has 1 amide bonds. The highest BCUT2D eigenvalue weighted by Gasteiger charge is 2.34. The molecule has 34 heavy (non-hydrogen) atoms. The summed E-state index contributed by atoms with van der Waals surface area (Å²) in [6.45, 7) is 0.665. The Morgan fingerprint density at radius 1 is 1.15 bits per heavy atom. The van der Waals surface area contributed by atoms with Crippen LogP contribution in [0.5, 0.6) is 0 Å². The van der Waals surface area contributed by atoms with Crippen LogP contribution in [0, 0.1) is 0 Å². The van der Waals surface area contributed by atoms with Crippen molar-refractivity contribution in [2.24, 2.45) is 11.4 Å². The van der Waals surface area contributed by atoms with Crippen molar-refractivity contribution in [1.82, 2.24) is 14.9 Å². The molecule has 1 fully saturated rings. The van der Waals surface area contributed by atoms with Crippen LogP contribution in [0.3, 0.4) is 0 Å². The number of aromatic nitrogens is 2. The third kappa shape index (κ3) is 4.10. The van der Waals surface area contributed by atoms with E-state index >= 15 is 0 Å². The number of carbonyl (C=O) groups excluding carboxylic acids is 1. The molecule has 2 aromatic carbocycles. The van der Waals surface area contributed by atoms with Crippen molar-refractivity contribution in [3.8, 4) is 0 Å². The van der Waals surface area contributed by atoms with E-state index in [1.54, 1.807) is 18.5 Å². The molecule has 8 nitrogen and oxygen atoms in total. The number of hydrogen-bond donors (Lipinski definition) is 1. The third-order valence-electron chi connectivity index (χ3n) is 6.21. The van der Waals surface area contributed by atoms with E-state index in [1.165, 1.54) is 6.07 Å². The molecule has 1 saturated heterocycles. The average Bonchev–Trinajstić information content (AvgIpc) is 3.10. The predicted octanol–water partition coefficient (Wildman–Crippen LogP) is 4.07. The van der Waals surface area contributed by atoms with E-state index in [1.807, 2.05) is 46.8 Å². The van der Waals surface area contributed by atoms with Crippen molar-refractivity contribution < 1.29 is 13.2 Å². The third-order valence-corrected chi connectivity index (χ3v) is 7.85. The number of hydrogen-bond acceptors (Lipinski definition) is 5. The lowest BCUT2D eigenvalue weighted by molar-refractivity contribution is 0.0941. The maximum atomic E-state index is 13.4. The SMILES string of the molecule is Cn1ccnc1[C@H](NC(=O)c1cc2c(cc1Cl)N1CCCCCC1=NS2(=O)=O)c1ccccc1. The number of sulfonamides is 1. The van der Waals surface area contributed by atoms with E-state index in [2.05, 4.69) is 14.7 Å². The molecule has 10 heteroatoms. The van der Waals surface area contributed by atoms with Gasteiger partial charge in [0, 0.05) is 32.4 Å². The fourth-order valence-corrected chi connectivity index (χ4v) is 5.99. The maximum absolute atomic E-state index is 13.4. The smallest absolute Gasteiger partial charge is 0.286 e. The van der Waals surface area contributed by atoms with E-state index in [-0.39, 0.29) is 15.5 Å². The lowest BCUT2D eigenvalue weighted by Gasteiger charge is -2.30. The number of rotatable bonds is 4. The zero-order chi connectivity index (χ0) is 23.9. The minimum absolute atomic E-state index is 0.000882. The number of halogens is 1. The second-order valence-electron chi connectivity index (χ2n) is 8.46. The molecule has 0 aliphatic carbocycles. The van der Waals surface area contributed by atoms with E-state index in [4.69, 9.17) is 11.6 Å². The number of amides is 1. The minimum atomic E-state index is -3.94. The molecule has 3 aromatic rings. The summed E-state index contributed by atoms with van der Waals surface area (Å²) < 4.78 is 31.9. The van der Waals surface area contributed by atoms with Crippen LogP contribution in [0.2, 0.25) is 5.02 Å². The van der Waals surface area contributed by atoms with Gasteiger partial charge < -0.3 is 14.8 Å². The number of anilines is 1. The van der Waals surface area contributed by atoms with Gasteiger partial charge in [0.2, 0.25) is 0 Å². The Morgan fingerprint density at radius 2 is 1.94 bits per heavy atom. The van der Waals surface area contributed by atoms with E-state index in [9.17, 15) is 13.2 Å². The molecule has 0 radical (unpaired) electrons. The predicted molar refractivity (Wildman–Crippen MR) is 131 cm³/mol. The van der Waals surface area contributed by atoms with Crippen LogP contribution in [0.25, 0.3) is 0 Å². The minimum Gasteiger partial charge on any atom is -0.338 e. The summed E-state index contributed by atoms with van der Waals surface area (Å²) in [5.74, 6) is 0.683. The Hall–Kier alpha value is -3.17. The summed E-state index contributed by atoms with van der Waals surface area (Å²) >= 11 is 6.56. The number of nitrogens with zero attached hydrogens (tertiary/aromatic N) is 4. The fourth-order valence-electron chi connectivity index (χ4n) is 4.48. The molecular formula is C24H24ClN5O3S. The molecule has 1 atom stereocenters. The zero-order valence-electron chi connectivity index (χ0n) is 18.6. The van der Waals surface area contributed by atoms with Crippen LogP contribution >= 0.6 is 11.6 Å². The average molecular weight is 498 g/mol. The van der Waals surface area contributed by atoms with Gasteiger partial charge in [0.15, 0.2) is 0 Å². The number of amidine groups is 1. The second-order valence-corrected chi connectivity index (χ2v) is 10.4. The molecule has 3 heterocycles. The van der Waals surface area contributed by atoms with Crippen LogP contribution in [0.1, 0.15) is 53.5 Å². The summed E-state index contributed by atoms with van der Waals surface area (Å²) in [6.07, 6.45) is 6.89. The highest BCUT2D eigenvalue weighted by molar-refractivity contribution is 7.90. The molecule has 0 spiro atoms. The quantitative estimate of drug-likeness (QED) is 0.586. The Balaban J connectivity index is 1.54. The number of imidazole rings is 1. The second kappa shape index (κ2) is 8.88. The van der Waals surface area contributed by atoms with Crippen molar-refractivity contribution >= 4 is 39.1 Å². The zero-order valence-corrected chi connectivity index (χ0v) is 20.2. The van der Waals surface area contributed by atoms with Gasteiger partial charge in [-0.15, -0.1) is 4.40 Å². The number of fused-ring (bicyclic) bond motifs is 3. The Morgan fingerprint density at radius 3 is 2.68 bits per heavy atom. The first-order chi connectivity index (χ1) is 16.3. The molecular weight excluding hydrogens is 474 g/mol. The van der Waals surface area contributed by atoms with Gasteiger partial charge in [-0.25, -0.2) is 4.98 Å². The maximum Gasteiger partial charge on any atom is 0.286 e. The summed E-state index contributed by atoms with van der Waals surface area (Å²) in [5, 5.41) is 3.17. The molecule has 2 aliphatic heterocycles. The topological polar surface area (TPSA) is 96.7 Å². The molecule has 176 valence electrons. The van der Waals surface area contributed by atoms with Crippen molar-refractivity contribution in [3.63, 3.8) is 0 Å². The molecule has 1 aromatic heterocycles. The first-order valence-electron chi connectivity index (χ1n) is 11.1. The van der Waals surface area contributed by atoms with E-state index < -0.39 is 22.0 Å². The summed E-state index contributed by atoms with van der Waals surface area (Å²) in [5.41, 5.74) is 1.40. The van der Waals surface area contributed by atoms with Gasteiger partial charge in [-0.3, -0.25) is 4.79 Å². The molecule has 0 saturated carbocycles. The van der Waals surface area contributed by atoms with E-state index in [0.717, 1.165) is 24.8 Å². The Labute approximate surface area is 203 Å². The number of benzene rings is 2. The van der Waals surface area contributed by atoms with Crippen LogP contribution in [0.4, 0.5) is 5.69 Å². The van der Waals surface area contributed by atoms with Gasteiger partial charge in [0.05, 0.1) is 16.3 Å². The van der Waals surface area contributed by atoms with Crippen molar-refractivity contribution in [2.45, 2.75) is 36.6 Å². The Bertz CT molecular complexity index is 1380. The fraction of sp³-hybridized carbons (Fsp3) is 0.292. The normalized spacial score (nSPS) is 17.7. The molecule has 0 bridgehead atoms. The van der Waals surface area contributed by atoms with Gasteiger partial charge in [-0.2, -0.15) is 8.42 Å². The lowest BCUT2D eigenvalue weighted by Crippen LogP contribution is -2.36. The largest absolute Gasteiger partial charge is 0.338 e. The van der Waals surface area contributed by atoms with Gasteiger partial charge in [-0.1, -0.05) is 48.4 Å². The number of aryl methyl sites for hydroxylation is 1. The highest BCUT2D eigenvalue weighted by atomic mass is 35.5. The Kier molecular flexibility index (Phi) is 5.91. The summed E-state index contributed by atoms with van der Waals surface area (Å²) in [4.78, 5) is 19.7. The van der Waals surface area contributed by atoms with Gasteiger partial charge in [0.25, 0.3) is 15.9 Å². The molecule has 2 aliphatic rings. The summed E-state index contributed by atoms with van der Waals surface area (Å²) in [6, 6.07) is 11.8. The first-order valence-corrected chi connectivity index (χ1v) is 12.9. The van der Waals surface area contributed by atoms with Gasteiger partial charge >= 0.3 is 0 Å². The van der Waals surface area contributed by atoms with Crippen LogP contribution in [-0.2, 0) is 17.1 Å². The van der Waals surface area contributed by atoms with E-state index in [0.29, 0.717) is 30.3 Å². The van der Waals surface area contributed by atoms with Gasteiger partial charge in [-0.05, 0) is 30.5 Å². The highest BCUT2D eigenvalue weighted by Crippen LogP contribution is 2.38. The molecule has 5 rings (SSSR count). The van der Waals surface area contributed by atoms with Gasteiger partial charge in [0.1, 0.15) is 22.6 Å². The molecule has 0 unspecified atom stereocenters. The van der Waals surface area contributed by atoms with Crippen LogP contribution in [-0.4, -0.2) is 36.3 Å². The lowest BCUT2D eigenvalue weighted by atomic mass is 10.1. The number of nitrogens with one attached hydrogen (secondary N) is 1. The molecule has 1 N–H and O–H groups in total. The number of carbonyl (C=O) groups is 1. The summed E-state index contributed by atoms with van der Waals surface area (Å²) in [7, 11) is -2.09. The van der Waals surface area contributed by atoms with Crippen molar-refractivity contribution in [1.29, 1.82) is 0 Å². The monoisotopic (exact) mass is 497 g/mol.